The molecule has 0 saturated carbocycles. The maximum absolute atomic E-state index is 9.47. The number of anilines is 1. The minimum absolute atomic E-state index is 0.240. The smallest absolute Gasteiger partial charge is 0.183 e. The van der Waals surface area contributed by atoms with E-state index in [1.807, 2.05) is 12.1 Å². The summed E-state index contributed by atoms with van der Waals surface area (Å²) in [5.41, 5.74) is 2.34. The van der Waals surface area contributed by atoms with Gasteiger partial charge in [-0.1, -0.05) is 6.07 Å². The third-order valence-corrected chi connectivity index (χ3v) is 3.62. The quantitative estimate of drug-likeness (QED) is 0.755. The third-order valence-electron chi connectivity index (χ3n) is 2.99. The summed E-state index contributed by atoms with van der Waals surface area (Å²) in [4.78, 5) is 16.7. The second-order valence-electron chi connectivity index (χ2n) is 4.41. The third kappa shape index (κ3) is 3.08. The van der Waals surface area contributed by atoms with Gasteiger partial charge >= 0.3 is 0 Å². The maximum atomic E-state index is 9.47. The average Bonchev–Trinajstić information content (AvgIpc) is 2.51. The molecule has 21 heavy (non-hydrogen) atoms. The number of halogens is 1. The minimum atomic E-state index is 0.240. The van der Waals surface area contributed by atoms with Crippen molar-refractivity contribution in [3.8, 4) is 5.75 Å². The van der Waals surface area contributed by atoms with Crippen molar-refractivity contribution in [1.82, 2.24) is 19.9 Å². The number of fused-ring (bicyclic) bond motifs is 1. The highest BCUT2D eigenvalue weighted by Gasteiger charge is 2.05. The molecule has 0 amide bonds. The summed E-state index contributed by atoms with van der Waals surface area (Å²) >= 11 is 3.31. The molecule has 0 aliphatic heterocycles. The molecule has 6 nitrogen and oxygen atoms in total. The minimum Gasteiger partial charge on any atom is -0.507 e. The first-order valence-corrected chi connectivity index (χ1v) is 7.16. The normalized spacial score (nSPS) is 10.7. The molecule has 2 aromatic heterocycles. The van der Waals surface area contributed by atoms with Gasteiger partial charge in [-0.3, -0.25) is 0 Å². The fourth-order valence-corrected chi connectivity index (χ4v) is 2.38. The first-order valence-electron chi connectivity index (χ1n) is 6.37. The molecule has 0 aliphatic rings. The number of hydrogen-bond acceptors (Lipinski definition) is 6. The summed E-state index contributed by atoms with van der Waals surface area (Å²) in [5, 5.41) is 12.7. The van der Waals surface area contributed by atoms with Gasteiger partial charge in [0.2, 0.25) is 0 Å². The van der Waals surface area contributed by atoms with Crippen molar-refractivity contribution in [3.63, 3.8) is 0 Å². The van der Waals surface area contributed by atoms with Crippen LogP contribution in [0.25, 0.3) is 11.2 Å². The summed E-state index contributed by atoms with van der Waals surface area (Å²) in [6.45, 7) is 0.694. The molecule has 2 N–H and O–H groups in total. The Labute approximate surface area is 129 Å². The molecule has 0 saturated heterocycles. The number of hydrogen-bond donors (Lipinski definition) is 2. The van der Waals surface area contributed by atoms with Crippen LogP contribution in [0.2, 0.25) is 0 Å². The van der Waals surface area contributed by atoms with Crippen molar-refractivity contribution in [2.45, 2.75) is 6.42 Å². The fourth-order valence-electron chi connectivity index (χ4n) is 1.96. The zero-order valence-electron chi connectivity index (χ0n) is 11.0. The number of phenolic OH excluding ortho intramolecular Hbond substituents is 1. The van der Waals surface area contributed by atoms with E-state index >= 15 is 0 Å². The standard InChI is InChI=1S/C14H12BrN5O/c15-10-7-9(1-2-11(10)21)3-4-17-13-12-14(20-8-19-13)18-6-5-16-12/h1-2,5-8,21H,3-4H2,(H,17,18,19,20). The van der Waals surface area contributed by atoms with Gasteiger partial charge in [-0.05, 0) is 40.0 Å². The monoisotopic (exact) mass is 345 g/mol. The van der Waals surface area contributed by atoms with Gasteiger partial charge in [0, 0.05) is 18.9 Å². The van der Waals surface area contributed by atoms with E-state index < -0.39 is 0 Å². The van der Waals surface area contributed by atoms with Gasteiger partial charge in [0.05, 0.1) is 4.47 Å². The van der Waals surface area contributed by atoms with Crippen LogP contribution in [0.3, 0.4) is 0 Å². The molecule has 2 heterocycles. The van der Waals surface area contributed by atoms with Crippen LogP contribution in [0.1, 0.15) is 5.56 Å². The highest BCUT2D eigenvalue weighted by atomic mass is 79.9. The molecular weight excluding hydrogens is 334 g/mol. The van der Waals surface area contributed by atoms with Crippen molar-refractivity contribution < 1.29 is 5.11 Å². The number of nitrogens with one attached hydrogen (secondary N) is 1. The molecule has 0 spiro atoms. The summed E-state index contributed by atoms with van der Waals surface area (Å²) in [7, 11) is 0. The number of phenols is 1. The zero-order valence-corrected chi connectivity index (χ0v) is 12.6. The van der Waals surface area contributed by atoms with Gasteiger partial charge in [-0.15, -0.1) is 0 Å². The largest absolute Gasteiger partial charge is 0.507 e. The van der Waals surface area contributed by atoms with Crippen LogP contribution < -0.4 is 5.32 Å². The van der Waals surface area contributed by atoms with Crippen LogP contribution in [-0.2, 0) is 6.42 Å². The van der Waals surface area contributed by atoms with Crippen molar-refractivity contribution >= 4 is 32.9 Å². The Hall–Kier alpha value is -2.28. The van der Waals surface area contributed by atoms with Gasteiger partial charge in [-0.2, -0.15) is 0 Å². The fraction of sp³-hybridized carbons (Fsp3) is 0.143. The van der Waals surface area contributed by atoms with E-state index in [4.69, 9.17) is 0 Å². The second-order valence-corrected chi connectivity index (χ2v) is 5.27. The molecule has 0 atom stereocenters. The Bertz CT molecular complexity index is 775. The lowest BCUT2D eigenvalue weighted by molar-refractivity contribution is 0.471. The lowest BCUT2D eigenvalue weighted by Gasteiger charge is -2.07. The van der Waals surface area contributed by atoms with Gasteiger partial charge < -0.3 is 10.4 Å². The number of aromatic nitrogens is 4. The van der Waals surface area contributed by atoms with Gasteiger partial charge in [0.25, 0.3) is 0 Å². The van der Waals surface area contributed by atoms with Crippen molar-refractivity contribution in [2.24, 2.45) is 0 Å². The van der Waals surface area contributed by atoms with Gasteiger partial charge in [0.1, 0.15) is 17.6 Å². The van der Waals surface area contributed by atoms with E-state index in [2.05, 4.69) is 41.2 Å². The average molecular weight is 346 g/mol. The van der Waals surface area contributed by atoms with Crippen molar-refractivity contribution in [3.05, 3.63) is 47.0 Å². The molecule has 7 heteroatoms. The van der Waals surface area contributed by atoms with Gasteiger partial charge in [0.15, 0.2) is 11.5 Å². The predicted molar refractivity (Wildman–Crippen MR) is 83.1 cm³/mol. The highest BCUT2D eigenvalue weighted by Crippen LogP contribution is 2.24. The molecule has 1 aromatic carbocycles. The van der Waals surface area contributed by atoms with Gasteiger partial charge in [-0.25, -0.2) is 19.9 Å². The van der Waals surface area contributed by atoms with E-state index in [1.54, 1.807) is 18.5 Å². The Morgan fingerprint density at radius 2 is 1.95 bits per heavy atom. The number of aromatic hydroxyl groups is 1. The van der Waals surface area contributed by atoms with Crippen LogP contribution in [0.15, 0.2) is 41.4 Å². The van der Waals surface area contributed by atoms with Crippen molar-refractivity contribution in [2.75, 3.05) is 11.9 Å². The number of benzene rings is 1. The van der Waals surface area contributed by atoms with Crippen LogP contribution in [0.5, 0.6) is 5.75 Å². The zero-order chi connectivity index (χ0) is 14.7. The maximum Gasteiger partial charge on any atom is 0.183 e. The lowest BCUT2D eigenvalue weighted by Crippen LogP contribution is -2.08. The molecular formula is C14H12BrN5O. The van der Waals surface area contributed by atoms with Crippen LogP contribution in [-0.4, -0.2) is 31.6 Å². The lowest BCUT2D eigenvalue weighted by atomic mass is 10.1. The van der Waals surface area contributed by atoms with E-state index in [0.717, 1.165) is 12.0 Å². The predicted octanol–water partition coefficient (Wildman–Crippen LogP) is 2.54. The van der Waals surface area contributed by atoms with Crippen LogP contribution in [0, 0.1) is 0 Å². The number of rotatable bonds is 4. The SMILES string of the molecule is Oc1ccc(CCNc2ncnc3nccnc23)cc1Br. The topological polar surface area (TPSA) is 83.8 Å². The molecule has 3 rings (SSSR count). The van der Waals surface area contributed by atoms with E-state index in [0.29, 0.717) is 28.0 Å². The van der Waals surface area contributed by atoms with Crippen molar-refractivity contribution in [1.29, 1.82) is 0 Å². The Morgan fingerprint density at radius 1 is 1.10 bits per heavy atom. The molecule has 106 valence electrons. The molecule has 0 fully saturated rings. The summed E-state index contributed by atoms with van der Waals surface area (Å²) < 4.78 is 0.693. The molecule has 3 aromatic rings. The summed E-state index contributed by atoms with van der Waals surface area (Å²) in [6.07, 6.45) is 5.49. The first-order chi connectivity index (χ1) is 10.2. The molecule has 0 unspecified atom stereocenters. The summed E-state index contributed by atoms with van der Waals surface area (Å²) in [6, 6.07) is 5.46. The Balaban J connectivity index is 1.70. The Kier molecular flexibility index (Phi) is 3.92. The molecule has 0 radical (unpaired) electrons. The van der Waals surface area contributed by atoms with E-state index in [1.165, 1.54) is 6.33 Å². The highest BCUT2D eigenvalue weighted by molar-refractivity contribution is 9.10. The Morgan fingerprint density at radius 3 is 2.81 bits per heavy atom. The van der Waals surface area contributed by atoms with E-state index in [9.17, 15) is 5.11 Å². The first kappa shape index (κ1) is 13.7. The second kappa shape index (κ2) is 6.01. The molecule has 0 aliphatic carbocycles. The molecule has 0 bridgehead atoms. The van der Waals surface area contributed by atoms with Crippen LogP contribution >= 0.6 is 15.9 Å². The summed E-state index contributed by atoms with van der Waals surface area (Å²) in [5.74, 6) is 0.912. The van der Waals surface area contributed by atoms with E-state index in [-0.39, 0.29) is 5.75 Å². The number of nitrogens with zero attached hydrogens (tertiary/aromatic N) is 4. The van der Waals surface area contributed by atoms with Crippen LogP contribution in [0.4, 0.5) is 5.82 Å².